The monoisotopic (exact) mass is 284 g/mol. The summed E-state index contributed by atoms with van der Waals surface area (Å²) in [4.78, 5) is 3.64. The van der Waals surface area contributed by atoms with Gasteiger partial charge in [-0.2, -0.15) is 0 Å². The van der Waals surface area contributed by atoms with Crippen molar-refractivity contribution < 1.29 is 28.8 Å². The maximum Gasteiger partial charge on any atom is 0.257 e. The van der Waals surface area contributed by atoms with Crippen molar-refractivity contribution in [2.75, 3.05) is 13.2 Å². The number of nitrogens with zero attached hydrogens (tertiary/aromatic N) is 1. The lowest BCUT2D eigenvalue weighted by atomic mass is 9.98. The average molecular weight is 284 g/mol. The quantitative estimate of drug-likeness (QED) is 0.517. The van der Waals surface area contributed by atoms with Gasteiger partial charge in [0.15, 0.2) is 5.17 Å². The Morgan fingerprint density at radius 1 is 1.39 bits per heavy atom. The van der Waals surface area contributed by atoms with Gasteiger partial charge in [-0.15, -0.1) is 0 Å². The topological polar surface area (TPSA) is 94.3 Å². The van der Waals surface area contributed by atoms with Crippen LogP contribution in [-0.2, 0) is 4.74 Å². The molecule has 0 radical (unpaired) electrons. The van der Waals surface area contributed by atoms with Gasteiger partial charge >= 0.3 is 0 Å². The zero-order chi connectivity index (χ0) is 13.3. The second kappa shape index (κ2) is 5.66. The Morgan fingerprint density at radius 2 is 2.11 bits per heavy atom. The first-order valence-electron chi connectivity index (χ1n) is 5.41. The zero-order valence-electron chi connectivity index (χ0n) is 9.24. The second-order valence-electron chi connectivity index (χ2n) is 4.03. The number of aliphatic imine (C=N–C) groups is 1. The minimum Gasteiger partial charge on any atom is -0.394 e. The molecule has 2 fully saturated rings. The molecular weight excluding hydrogens is 270 g/mol. The Balaban J connectivity index is 2.03. The molecule has 5 atom stereocenters. The molecule has 1 unspecified atom stereocenters. The molecule has 0 amide bonds. The SMILES string of the molecule is OC[C@H]1O[C@H]2SC(=NCC(F)F)NC2[C@@H](O)[C@@H]1O. The Bertz CT molecular complexity index is 334. The summed E-state index contributed by atoms with van der Waals surface area (Å²) in [5.41, 5.74) is -0.558. The summed E-state index contributed by atoms with van der Waals surface area (Å²) in [6.45, 7) is -1.05. The van der Waals surface area contributed by atoms with Gasteiger partial charge in [0.2, 0.25) is 0 Å². The molecular formula is C9H14F2N2O4S. The fraction of sp³-hybridized carbons (Fsp3) is 0.889. The number of aliphatic hydroxyl groups excluding tert-OH is 3. The van der Waals surface area contributed by atoms with Crippen molar-refractivity contribution in [2.45, 2.75) is 36.2 Å². The number of hydrogen-bond donors (Lipinski definition) is 4. The Morgan fingerprint density at radius 3 is 2.72 bits per heavy atom. The van der Waals surface area contributed by atoms with Gasteiger partial charge in [0.05, 0.1) is 12.6 Å². The summed E-state index contributed by atoms with van der Waals surface area (Å²) in [6, 6.07) is -0.621. The molecule has 0 aromatic heterocycles. The van der Waals surface area contributed by atoms with Crippen LogP contribution in [-0.4, -0.2) is 69.9 Å². The van der Waals surface area contributed by atoms with Gasteiger partial charge < -0.3 is 25.4 Å². The van der Waals surface area contributed by atoms with E-state index < -0.39 is 49.4 Å². The summed E-state index contributed by atoms with van der Waals surface area (Å²) >= 11 is 1.06. The largest absolute Gasteiger partial charge is 0.394 e. The number of ether oxygens (including phenoxy) is 1. The number of aliphatic hydroxyl groups is 3. The number of nitrogens with one attached hydrogen (secondary N) is 1. The van der Waals surface area contributed by atoms with E-state index in [4.69, 9.17) is 9.84 Å². The molecule has 2 saturated heterocycles. The zero-order valence-corrected chi connectivity index (χ0v) is 10.1. The highest BCUT2D eigenvalue weighted by molar-refractivity contribution is 8.14. The molecule has 0 bridgehead atoms. The maximum absolute atomic E-state index is 12.0. The lowest BCUT2D eigenvalue weighted by molar-refractivity contribution is -0.167. The number of hydrogen-bond acceptors (Lipinski definition) is 6. The normalized spacial score (nSPS) is 42.1. The van der Waals surface area contributed by atoms with Gasteiger partial charge in [-0.05, 0) is 0 Å². The van der Waals surface area contributed by atoms with Gasteiger partial charge in [0.25, 0.3) is 6.43 Å². The van der Waals surface area contributed by atoms with E-state index in [1.54, 1.807) is 0 Å². The van der Waals surface area contributed by atoms with Crippen molar-refractivity contribution in [1.29, 1.82) is 0 Å². The third kappa shape index (κ3) is 2.75. The summed E-state index contributed by atoms with van der Waals surface area (Å²) in [5, 5.41) is 31.4. The van der Waals surface area contributed by atoms with Gasteiger partial charge in [-0.1, -0.05) is 11.8 Å². The number of halogens is 2. The van der Waals surface area contributed by atoms with E-state index in [9.17, 15) is 19.0 Å². The molecule has 0 spiro atoms. The molecule has 0 aliphatic carbocycles. The van der Waals surface area contributed by atoms with E-state index in [0.717, 1.165) is 11.8 Å². The molecule has 2 aliphatic heterocycles. The summed E-state index contributed by atoms with van der Waals surface area (Å²) in [7, 11) is 0. The van der Waals surface area contributed by atoms with Crippen molar-refractivity contribution in [3.8, 4) is 0 Å². The molecule has 104 valence electrons. The van der Waals surface area contributed by atoms with E-state index >= 15 is 0 Å². The standard InChI is InChI=1S/C9H14F2N2O4S/c10-4(11)1-12-9-13-5-7(16)6(15)3(2-14)17-8(5)18-9/h3-8,14-16H,1-2H2,(H,12,13)/t3-,5?,6-,7-,8+/m1/s1. The van der Waals surface area contributed by atoms with E-state index in [1.807, 2.05) is 0 Å². The number of fused-ring (bicyclic) bond motifs is 1. The van der Waals surface area contributed by atoms with Crippen LogP contribution in [0.15, 0.2) is 4.99 Å². The second-order valence-corrected chi connectivity index (χ2v) is 5.12. The molecule has 0 aromatic rings. The molecule has 6 nitrogen and oxygen atoms in total. The van der Waals surface area contributed by atoms with Crippen molar-refractivity contribution in [1.82, 2.24) is 5.32 Å². The molecule has 18 heavy (non-hydrogen) atoms. The van der Waals surface area contributed by atoms with Crippen molar-refractivity contribution >= 4 is 16.9 Å². The fourth-order valence-electron chi connectivity index (χ4n) is 1.86. The smallest absolute Gasteiger partial charge is 0.257 e. The minimum atomic E-state index is -2.54. The van der Waals surface area contributed by atoms with Crippen LogP contribution in [0.2, 0.25) is 0 Å². The molecule has 0 aromatic carbocycles. The Labute approximate surface area is 106 Å². The van der Waals surface area contributed by atoms with Crippen molar-refractivity contribution in [3.63, 3.8) is 0 Å². The van der Waals surface area contributed by atoms with Crippen LogP contribution in [0.1, 0.15) is 0 Å². The van der Waals surface area contributed by atoms with E-state index in [0.29, 0.717) is 0 Å². The van der Waals surface area contributed by atoms with Crippen LogP contribution in [0, 0.1) is 0 Å². The fourth-order valence-corrected chi connectivity index (χ4v) is 3.00. The highest BCUT2D eigenvalue weighted by atomic mass is 32.2. The molecule has 2 heterocycles. The molecule has 9 heteroatoms. The molecule has 4 N–H and O–H groups in total. The first-order valence-corrected chi connectivity index (χ1v) is 6.29. The Kier molecular flexibility index (Phi) is 4.38. The number of amidine groups is 1. The van der Waals surface area contributed by atoms with Crippen LogP contribution in [0.5, 0.6) is 0 Å². The third-order valence-corrected chi connectivity index (χ3v) is 3.88. The van der Waals surface area contributed by atoms with Crippen LogP contribution >= 0.6 is 11.8 Å². The predicted octanol–water partition coefficient (Wildman–Crippen LogP) is -1.25. The van der Waals surface area contributed by atoms with Crippen molar-refractivity contribution in [3.05, 3.63) is 0 Å². The highest BCUT2D eigenvalue weighted by Gasteiger charge is 2.48. The predicted molar refractivity (Wildman–Crippen MR) is 60.6 cm³/mol. The highest BCUT2D eigenvalue weighted by Crippen LogP contribution is 2.33. The van der Waals surface area contributed by atoms with Crippen LogP contribution in [0.4, 0.5) is 8.78 Å². The van der Waals surface area contributed by atoms with Crippen LogP contribution < -0.4 is 5.32 Å². The lowest BCUT2D eigenvalue weighted by Crippen LogP contribution is -2.59. The first kappa shape index (κ1) is 13.9. The van der Waals surface area contributed by atoms with Gasteiger partial charge in [-0.25, -0.2) is 8.78 Å². The molecule has 2 rings (SSSR count). The van der Waals surface area contributed by atoms with E-state index in [1.165, 1.54) is 0 Å². The minimum absolute atomic E-state index is 0.245. The lowest BCUT2D eigenvalue weighted by Gasteiger charge is -2.38. The number of rotatable bonds is 3. The third-order valence-electron chi connectivity index (χ3n) is 2.77. The van der Waals surface area contributed by atoms with E-state index in [-0.39, 0.29) is 5.17 Å². The van der Waals surface area contributed by atoms with E-state index in [2.05, 4.69) is 10.3 Å². The average Bonchev–Trinajstić information content (AvgIpc) is 2.74. The molecule has 2 aliphatic rings. The van der Waals surface area contributed by atoms with Crippen molar-refractivity contribution in [2.24, 2.45) is 4.99 Å². The number of alkyl halides is 2. The molecule has 0 saturated carbocycles. The summed E-state index contributed by atoms with van der Waals surface area (Å²) < 4.78 is 29.4. The van der Waals surface area contributed by atoms with Gasteiger partial charge in [-0.3, -0.25) is 4.99 Å². The van der Waals surface area contributed by atoms with Gasteiger partial charge in [0, 0.05) is 0 Å². The Hall–Kier alpha value is -0.480. The summed E-state index contributed by atoms with van der Waals surface area (Å²) in [5.74, 6) is 0. The van der Waals surface area contributed by atoms with Crippen LogP contribution in [0.3, 0.4) is 0 Å². The first-order chi connectivity index (χ1) is 8.52. The van der Waals surface area contributed by atoms with Crippen LogP contribution in [0.25, 0.3) is 0 Å². The number of thioether (sulfide) groups is 1. The summed E-state index contributed by atoms with van der Waals surface area (Å²) in [6.07, 6.45) is -5.79. The van der Waals surface area contributed by atoms with Gasteiger partial charge in [0.1, 0.15) is 30.3 Å². The maximum atomic E-state index is 12.0.